The smallest absolute Gasteiger partial charge is 0.317 e. The minimum Gasteiger partial charge on any atom is -0.480 e. The van der Waals surface area contributed by atoms with Crippen LogP contribution >= 0.6 is 0 Å². The molecule has 1 aliphatic rings. The van der Waals surface area contributed by atoms with Crippen molar-refractivity contribution >= 4 is 5.97 Å². The molecular weight excluding hydrogens is 232 g/mol. The number of rotatable bonds is 6. The minimum atomic E-state index is -0.735. The monoisotopic (exact) mass is 258 g/mol. The third-order valence-electron chi connectivity index (χ3n) is 3.56. The standard InChI is InChI=1S/C13H26N2O3/c1-11(2)12(10-18-3)15-6-4-5-14(7-8-15)9-13(16)17/h11-12H,4-10H2,1-3H3,(H,16,17). The second kappa shape index (κ2) is 7.71. The lowest BCUT2D eigenvalue weighted by molar-refractivity contribution is -0.138. The van der Waals surface area contributed by atoms with Gasteiger partial charge in [0.2, 0.25) is 0 Å². The number of carbonyl (C=O) groups is 1. The van der Waals surface area contributed by atoms with Gasteiger partial charge in [-0.15, -0.1) is 0 Å². The molecule has 0 saturated carbocycles. The van der Waals surface area contributed by atoms with Crippen molar-refractivity contribution in [3.05, 3.63) is 0 Å². The molecule has 1 N–H and O–H groups in total. The van der Waals surface area contributed by atoms with Gasteiger partial charge in [0, 0.05) is 32.8 Å². The summed E-state index contributed by atoms with van der Waals surface area (Å²) in [4.78, 5) is 15.2. The summed E-state index contributed by atoms with van der Waals surface area (Å²) in [6.07, 6.45) is 1.03. The molecule has 1 heterocycles. The Balaban J connectivity index is 2.51. The van der Waals surface area contributed by atoms with E-state index >= 15 is 0 Å². The highest BCUT2D eigenvalue weighted by Gasteiger charge is 2.24. The number of methoxy groups -OCH3 is 1. The van der Waals surface area contributed by atoms with E-state index in [2.05, 4.69) is 18.7 Å². The first-order valence-corrected chi connectivity index (χ1v) is 6.71. The summed E-state index contributed by atoms with van der Waals surface area (Å²) in [7, 11) is 1.74. The third-order valence-corrected chi connectivity index (χ3v) is 3.56. The molecule has 1 saturated heterocycles. The zero-order valence-corrected chi connectivity index (χ0v) is 11.8. The first kappa shape index (κ1) is 15.4. The maximum atomic E-state index is 10.7. The lowest BCUT2D eigenvalue weighted by Crippen LogP contribution is -2.44. The molecule has 18 heavy (non-hydrogen) atoms. The molecule has 0 aromatic carbocycles. The number of hydrogen-bond donors (Lipinski definition) is 1. The van der Waals surface area contributed by atoms with Crippen LogP contribution < -0.4 is 0 Å². The topological polar surface area (TPSA) is 53.0 Å². The van der Waals surface area contributed by atoms with Gasteiger partial charge in [0.25, 0.3) is 0 Å². The van der Waals surface area contributed by atoms with Gasteiger partial charge in [-0.3, -0.25) is 14.6 Å². The van der Waals surface area contributed by atoms with E-state index < -0.39 is 5.97 Å². The Kier molecular flexibility index (Phi) is 6.60. The highest BCUT2D eigenvalue weighted by molar-refractivity contribution is 5.69. The Bertz CT molecular complexity index is 259. The molecule has 1 rings (SSSR count). The maximum Gasteiger partial charge on any atom is 0.317 e. The van der Waals surface area contributed by atoms with Crippen LogP contribution in [0.4, 0.5) is 0 Å². The van der Waals surface area contributed by atoms with Crippen LogP contribution in [0.3, 0.4) is 0 Å². The average Bonchev–Trinajstić information content (AvgIpc) is 2.50. The minimum absolute atomic E-state index is 0.157. The molecular formula is C13H26N2O3. The Morgan fingerprint density at radius 3 is 2.56 bits per heavy atom. The van der Waals surface area contributed by atoms with Crippen molar-refractivity contribution in [3.8, 4) is 0 Å². The highest BCUT2D eigenvalue weighted by Crippen LogP contribution is 2.14. The normalized spacial score (nSPS) is 20.9. The fourth-order valence-corrected chi connectivity index (χ4v) is 2.56. The molecule has 1 unspecified atom stereocenters. The number of carboxylic acid groups (broad SMARTS) is 1. The van der Waals surface area contributed by atoms with E-state index in [-0.39, 0.29) is 6.54 Å². The van der Waals surface area contributed by atoms with E-state index in [1.807, 2.05) is 4.90 Å². The van der Waals surface area contributed by atoms with Gasteiger partial charge in [-0.05, 0) is 18.9 Å². The maximum absolute atomic E-state index is 10.7. The van der Waals surface area contributed by atoms with Gasteiger partial charge in [-0.1, -0.05) is 13.8 Å². The van der Waals surface area contributed by atoms with Gasteiger partial charge in [-0.2, -0.15) is 0 Å². The molecule has 0 radical (unpaired) electrons. The van der Waals surface area contributed by atoms with E-state index in [0.29, 0.717) is 12.0 Å². The Morgan fingerprint density at radius 2 is 2.00 bits per heavy atom. The molecule has 0 amide bonds. The van der Waals surface area contributed by atoms with E-state index in [9.17, 15) is 4.79 Å². The quantitative estimate of drug-likeness (QED) is 0.762. The summed E-state index contributed by atoms with van der Waals surface area (Å²) >= 11 is 0. The van der Waals surface area contributed by atoms with Crippen LogP contribution in [0.15, 0.2) is 0 Å². The van der Waals surface area contributed by atoms with Crippen LogP contribution in [0.25, 0.3) is 0 Å². The Labute approximate surface area is 110 Å². The molecule has 0 spiro atoms. The van der Waals surface area contributed by atoms with Crippen molar-refractivity contribution < 1.29 is 14.6 Å². The zero-order chi connectivity index (χ0) is 13.5. The van der Waals surface area contributed by atoms with Gasteiger partial charge in [0.1, 0.15) is 0 Å². The SMILES string of the molecule is COCC(C(C)C)N1CCCN(CC(=O)O)CC1. The highest BCUT2D eigenvalue weighted by atomic mass is 16.5. The van der Waals surface area contributed by atoms with Gasteiger partial charge in [-0.25, -0.2) is 0 Å². The van der Waals surface area contributed by atoms with E-state index in [1.54, 1.807) is 7.11 Å². The summed E-state index contributed by atoms with van der Waals surface area (Å²) in [5, 5.41) is 8.83. The first-order chi connectivity index (χ1) is 8.54. The molecule has 106 valence electrons. The first-order valence-electron chi connectivity index (χ1n) is 6.71. The molecule has 1 aliphatic heterocycles. The van der Waals surface area contributed by atoms with Gasteiger partial charge in [0.05, 0.1) is 13.2 Å². The van der Waals surface area contributed by atoms with Crippen molar-refractivity contribution in [2.24, 2.45) is 5.92 Å². The third kappa shape index (κ3) is 4.92. The molecule has 0 aliphatic carbocycles. The lowest BCUT2D eigenvalue weighted by Gasteiger charge is -2.33. The largest absolute Gasteiger partial charge is 0.480 e. The van der Waals surface area contributed by atoms with Crippen LogP contribution in [0, 0.1) is 5.92 Å². The fourth-order valence-electron chi connectivity index (χ4n) is 2.56. The van der Waals surface area contributed by atoms with Crippen LogP contribution in [-0.2, 0) is 9.53 Å². The summed E-state index contributed by atoms with van der Waals surface area (Å²) in [5.41, 5.74) is 0. The summed E-state index contributed by atoms with van der Waals surface area (Å²) in [6.45, 7) is 9.00. The fraction of sp³-hybridized carbons (Fsp3) is 0.923. The van der Waals surface area contributed by atoms with Crippen molar-refractivity contribution in [3.63, 3.8) is 0 Å². The Hall–Kier alpha value is -0.650. The summed E-state index contributed by atoms with van der Waals surface area (Å²) < 4.78 is 5.30. The van der Waals surface area contributed by atoms with E-state index in [4.69, 9.17) is 9.84 Å². The number of carboxylic acids is 1. The van der Waals surface area contributed by atoms with Crippen LogP contribution in [0.5, 0.6) is 0 Å². The number of hydrogen-bond acceptors (Lipinski definition) is 4. The predicted octanol–water partition coefficient (Wildman–Crippen LogP) is 0.750. The zero-order valence-electron chi connectivity index (χ0n) is 11.8. The molecule has 5 heteroatoms. The van der Waals surface area contributed by atoms with Crippen LogP contribution in [-0.4, -0.2) is 73.4 Å². The second-order valence-electron chi connectivity index (χ2n) is 5.33. The molecule has 0 aromatic heterocycles. The summed E-state index contributed by atoms with van der Waals surface area (Å²) in [5.74, 6) is -0.184. The van der Waals surface area contributed by atoms with E-state index in [0.717, 1.165) is 39.2 Å². The van der Waals surface area contributed by atoms with E-state index in [1.165, 1.54) is 0 Å². The molecule has 1 fully saturated rings. The molecule has 0 aromatic rings. The Morgan fingerprint density at radius 1 is 1.28 bits per heavy atom. The second-order valence-corrected chi connectivity index (χ2v) is 5.33. The van der Waals surface area contributed by atoms with Crippen LogP contribution in [0.2, 0.25) is 0 Å². The molecule has 1 atom stereocenters. The number of ether oxygens (including phenoxy) is 1. The summed E-state index contributed by atoms with van der Waals surface area (Å²) in [6, 6.07) is 0.430. The molecule has 0 bridgehead atoms. The lowest BCUT2D eigenvalue weighted by atomic mass is 10.0. The van der Waals surface area contributed by atoms with Gasteiger partial charge in [0.15, 0.2) is 0 Å². The molecule has 5 nitrogen and oxygen atoms in total. The van der Waals surface area contributed by atoms with Gasteiger partial charge >= 0.3 is 5.97 Å². The van der Waals surface area contributed by atoms with Crippen LogP contribution in [0.1, 0.15) is 20.3 Å². The predicted molar refractivity (Wildman–Crippen MR) is 70.8 cm³/mol. The number of nitrogens with zero attached hydrogens (tertiary/aromatic N) is 2. The number of aliphatic carboxylic acids is 1. The van der Waals surface area contributed by atoms with Crippen molar-refractivity contribution in [2.75, 3.05) is 46.4 Å². The van der Waals surface area contributed by atoms with Crippen molar-refractivity contribution in [2.45, 2.75) is 26.3 Å². The van der Waals surface area contributed by atoms with Gasteiger partial charge < -0.3 is 9.84 Å². The average molecular weight is 258 g/mol. The van der Waals surface area contributed by atoms with Crippen molar-refractivity contribution in [1.82, 2.24) is 9.80 Å². The van der Waals surface area contributed by atoms with Crippen molar-refractivity contribution in [1.29, 1.82) is 0 Å².